The third kappa shape index (κ3) is 3.24. The molecule has 3 heteroatoms. The largest absolute Gasteiger partial charge is 0.465 e. The number of ether oxygens (including phenoxy) is 1. The zero-order chi connectivity index (χ0) is 15.4. The SMILES string of the molecule is COC(=O)c1ccc(C#Cc2c(C)cccc2C)c(N)c1. The molecule has 106 valence electrons. The predicted molar refractivity (Wildman–Crippen MR) is 84.1 cm³/mol. The Morgan fingerprint density at radius 1 is 1.10 bits per heavy atom. The lowest BCUT2D eigenvalue weighted by molar-refractivity contribution is 0.0601. The van der Waals surface area contributed by atoms with Gasteiger partial charge in [0, 0.05) is 16.8 Å². The van der Waals surface area contributed by atoms with E-state index in [0.717, 1.165) is 16.7 Å². The van der Waals surface area contributed by atoms with Crippen LogP contribution >= 0.6 is 0 Å². The van der Waals surface area contributed by atoms with E-state index in [1.165, 1.54) is 7.11 Å². The van der Waals surface area contributed by atoms with Crippen molar-refractivity contribution < 1.29 is 9.53 Å². The molecule has 0 bridgehead atoms. The van der Waals surface area contributed by atoms with Gasteiger partial charge in [-0.1, -0.05) is 30.0 Å². The maximum atomic E-state index is 11.4. The van der Waals surface area contributed by atoms with Crippen LogP contribution in [-0.2, 0) is 4.74 Å². The van der Waals surface area contributed by atoms with Crippen LogP contribution in [0.15, 0.2) is 36.4 Å². The van der Waals surface area contributed by atoms with Gasteiger partial charge in [-0.3, -0.25) is 0 Å². The first kappa shape index (κ1) is 14.7. The van der Waals surface area contributed by atoms with Crippen LogP contribution in [0.2, 0.25) is 0 Å². The molecule has 0 aromatic heterocycles. The van der Waals surface area contributed by atoms with Gasteiger partial charge in [0.15, 0.2) is 0 Å². The predicted octanol–water partition coefficient (Wildman–Crippen LogP) is 3.07. The van der Waals surface area contributed by atoms with Gasteiger partial charge in [-0.2, -0.15) is 0 Å². The lowest BCUT2D eigenvalue weighted by Crippen LogP contribution is -2.02. The first-order valence-electron chi connectivity index (χ1n) is 6.59. The van der Waals surface area contributed by atoms with Gasteiger partial charge in [-0.25, -0.2) is 4.79 Å². The van der Waals surface area contributed by atoms with E-state index >= 15 is 0 Å². The minimum absolute atomic E-state index is 0.407. The van der Waals surface area contributed by atoms with Crippen molar-refractivity contribution in [2.45, 2.75) is 13.8 Å². The summed E-state index contributed by atoms with van der Waals surface area (Å²) in [6.07, 6.45) is 0. The molecule has 0 unspecified atom stereocenters. The lowest BCUT2D eigenvalue weighted by atomic mass is 10.0. The second-order valence-electron chi connectivity index (χ2n) is 4.81. The maximum Gasteiger partial charge on any atom is 0.337 e. The zero-order valence-corrected chi connectivity index (χ0v) is 12.4. The lowest BCUT2D eigenvalue weighted by Gasteiger charge is -2.03. The Kier molecular flexibility index (Phi) is 4.30. The van der Waals surface area contributed by atoms with Crippen molar-refractivity contribution in [2.75, 3.05) is 12.8 Å². The molecule has 0 aliphatic rings. The smallest absolute Gasteiger partial charge is 0.337 e. The molecule has 0 amide bonds. The molecule has 0 aliphatic heterocycles. The molecule has 2 aromatic carbocycles. The Hall–Kier alpha value is -2.73. The molecular weight excluding hydrogens is 262 g/mol. The molecule has 0 atom stereocenters. The average Bonchev–Trinajstić information content (AvgIpc) is 2.47. The number of hydrogen-bond acceptors (Lipinski definition) is 3. The fourth-order valence-corrected chi connectivity index (χ4v) is 2.06. The molecule has 2 N–H and O–H groups in total. The number of anilines is 1. The summed E-state index contributed by atoms with van der Waals surface area (Å²) >= 11 is 0. The standard InChI is InChI=1S/C18H17NO2/c1-12-5-4-6-13(2)16(12)10-9-14-7-8-15(11-17(14)19)18(20)21-3/h4-8,11H,19H2,1-3H3. The summed E-state index contributed by atoms with van der Waals surface area (Å²) in [5.41, 5.74) is 10.8. The molecule has 0 saturated heterocycles. The Labute approximate surface area is 124 Å². The summed E-state index contributed by atoms with van der Waals surface area (Å²) in [6.45, 7) is 4.06. The maximum absolute atomic E-state index is 11.4. The number of nitrogen functional groups attached to an aromatic ring is 1. The van der Waals surface area contributed by atoms with Gasteiger partial charge in [0.05, 0.1) is 12.7 Å². The van der Waals surface area contributed by atoms with Crippen LogP contribution in [-0.4, -0.2) is 13.1 Å². The van der Waals surface area contributed by atoms with Gasteiger partial charge in [0.1, 0.15) is 0 Å². The van der Waals surface area contributed by atoms with Crippen LogP contribution < -0.4 is 5.73 Å². The molecule has 3 nitrogen and oxygen atoms in total. The minimum Gasteiger partial charge on any atom is -0.465 e. The zero-order valence-electron chi connectivity index (χ0n) is 12.4. The number of aryl methyl sites for hydroxylation is 2. The highest BCUT2D eigenvalue weighted by Gasteiger charge is 2.07. The van der Waals surface area contributed by atoms with Gasteiger partial charge in [0.2, 0.25) is 0 Å². The Balaban J connectivity index is 2.38. The summed E-state index contributed by atoms with van der Waals surface area (Å²) in [6, 6.07) is 11.1. The van der Waals surface area contributed by atoms with Crippen LogP contribution in [0.1, 0.15) is 32.6 Å². The van der Waals surface area contributed by atoms with Gasteiger partial charge in [0.25, 0.3) is 0 Å². The highest BCUT2D eigenvalue weighted by Crippen LogP contribution is 2.16. The Morgan fingerprint density at radius 3 is 2.33 bits per heavy atom. The van der Waals surface area contributed by atoms with E-state index in [1.54, 1.807) is 18.2 Å². The first-order valence-corrected chi connectivity index (χ1v) is 6.59. The van der Waals surface area contributed by atoms with E-state index in [0.29, 0.717) is 16.8 Å². The van der Waals surface area contributed by atoms with Crippen molar-refractivity contribution in [3.8, 4) is 11.8 Å². The van der Waals surface area contributed by atoms with E-state index in [2.05, 4.69) is 16.6 Å². The third-order valence-corrected chi connectivity index (χ3v) is 3.28. The molecule has 0 saturated carbocycles. The number of esters is 1. The summed E-state index contributed by atoms with van der Waals surface area (Å²) < 4.78 is 4.66. The Bertz CT molecular complexity index is 731. The molecule has 0 aliphatic carbocycles. The van der Waals surface area contributed by atoms with Gasteiger partial charge < -0.3 is 10.5 Å². The molecule has 2 aromatic rings. The van der Waals surface area contributed by atoms with Gasteiger partial charge in [-0.15, -0.1) is 0 Å². The molecular formula is C18H17NO2. The van der Waals surface area contributed by atoms with Crippen molar-refractivity contribution in [1.29, 1.82) is 0 Å². The number of benzene rings is 2. The molecule has 2 rings (SSSR count). The number of carbonyl (C=O) groups is 1. The van der Waals surface area contributed by atoms with Crippen molar-refractivity contribution in [2.24, 2.45) is 0 Å². The number of methoxy groups -OCH3 is 1. The second-order valence-corrected chi connectivity index (χ2v) is 4.81. The molecule has 0 spiro atoms. The second kappa shape index (κ2) is 6.15. The van der Waals surface area contributed by atoms with Gasteiger partial charge in [-0.05, 0) is 43.2 Å². The van der Waals surface area contributed by atoms with E-state index < -0.39 is 5.97 Å². The number of rotatable bonds is 1. The highest BCUT2D eigenvalue weighted by atomic mass is 16.5. The van der Waals surface area contributed by atoms with E-state index in [1.807, 2.05) is 32.0 Å². The molecule has 21 heavy (non-hydrogen) atoms. The third-order valence-electron chi connectivity index (χ3n) is 3.28. The van der Waals surface area contributed by atoms with E-state index in [-0.39, 0.29) is 0 Å². The number of nitrogens with two attached hydrogens (primary N) is 1. The summed E-state index contributed by atoms with van der Waals surface area (Å²) in [5.74, 6) is 5.82. The van der Waals surface area contributed by atoms with Crippen LogP contribution in [0.4, 0.5) is 5.69 Å². The van der Waals surface area contributed by atoms with E-state index in [4.69, 9.17) is 5.73 Å². The van der Waals surface area contributed by atoms with Gasteiger partial charge >= 0.3 is 5.97 Å². The average molecular weight is 279 g/mol. The fourth-order valence-electron chi connectivity index (χ4n) is 2.06. The fraction of sp³-hybridized carbons (Fsp3) is 0.167. The normalized spacial score (nSPS) is 9.67. The molecule has 0 radical (unpaired) electrons. The van der Waals surface area contributed by atoms with Crippen molar-refractivity contribution in [1.82, 2.24) is 0 Å². The monoisotopic (exact) mass is 279 g/mol. The van der Waals surface area contributed by atoms with Crippen molar-refractivity contribution in [3.63, 3.8) is 0 Å². The number of carbonyl (C=O) groups excluding carboxylic acids is 1. The highest BCUT2D eigenvalue weighted by molar-refractivity contribution is 5.90. The van der Waals surface area contributed by atoms with E-state index in [9.17, 15) is 4.79 Å². The molecule has 0 fully saturated rings. The summed E-state index contributed by atoms with van der Waals surface area (Å²) in [5, 5.41) is 0. The van der Waals surface area contributed by atoms with Crippen LogP contribution in [0, 0.1) is 25.7 Å². The van der Waals surface area contributed by atoms with Crippen molar-refractivity contribution >= 4 is 11.7 Å². The minimum atomic E-state index is -0.407. The summed E-state index contributed by atoms with van der Waals surface area (Å²) in [4.78, 5) is 11.4. The first-order chi connectivity index (χ1) is 10.0. The van der Waals surface area contributed by atoms with Crippen LogP contribution in [0.5, 0.6) is 0 Å². The molecule has 0 heterocycles. The summed E-state index contributed by atoms with van der Waals surface area (Å²) in [7, 11) is 1.34. The Morgan fingerprint density at radius 2 is 1.76 bits per heavy atom. The van der Waals surface area contributed by atoms with Crippen LogP contribution in [0.25, 0.3) is 0 Å². The van der Waals surface area contributed by atoms with Crippen LogP contribution in [0.3, 0.4) is 0 Å². The topological polar surface area (TPSA) is 52.3 Å². The quantitative estimate of drug-likeness (QED) is 0.496. The number of hydrogen-bond donors (Lipinski definition) is 1. The van der Waals surface area contributed by atoms with Crippen molar-refractivity contribution in [3.05, 3.63) is 64.2 Å².